The summed E-state index contributed by atoms with van der Waals surface area (Å²) in [6, 6.07) is 10.5. The number of pyridine rings is 1. The molecule has 1 aromatic heterocycles. The topological polar surface area (TPSA) is 68.5 Å². The normalized spacial score (nSPS) is 13.4. The van der Waals surface area contributed by atoms with Crippen molar-refractivity contribution in [1.82, 2.24) is 4.57 Å². The molecule has 0 aliphatic heterocycles. The molecule has 0 aliphatic rings. The van der Waals surface area contributed by atoms with Crippen LogP contribution in [0.5, 0.6) is 11.5 Å². The number of aromatic carboxylic acids is 1. The molecule has 0 spiro atoms. The van der Waals surface area contributed by atoms with E-state index in [1.807, 2.05) is 0 Å². The van der Waals surface area contributed by atoms with Crippen LogP contribution in [0, 0.1) is 0 Å². The Bertz CT molecular complexity index is 1260. The third-order valence-corrected chi connectivity index (χ3v) is 5.83. The van der Waals surface area contributed by atoms with Crippen molar-refractivity contribution in [3.8, 4) is 11.5 Å². The van der Waals surface area contributed by atoms with E-state index in [4.69, 9.17) is 33.0 Å². The molecular weight excluding hydrogens is 482 g/mol. The van der Waals surface area contributed by atoms with Gasteiger partial charge in [-0.3, -0.25) is 4.79 Å². The van der Waals surface area contributed by atoms with E-state index >= 15 is 0 Å². The van der Waals surface area contributed by atoms with Gasteiger partial charge in [0.2, 0.25) is 5.56 Å². The average molecular weight is 500 g/mol. The fourth-order valence-electron chi connectivity index (χ4n) is 3.55. The van der Waals surface area contributed by atoms with E-state index in [1.165, 1.54) is 62.6 Å². The van der Waals surface area contributed by atoms with Crippen LogP contribution in [0.1, 0.15) is 40.2 Å². The molecule has 0 bridgehead atoms. The number of benzene rings is 2. The van der Waals surface area contributed by atoms with E-state index in [0.717, 1.165) is 10.6 Å². The summed E-state index contributed by atoms with van der Waals surface area (Å²) in [4.78, 5) is 22.7. The zero-order chi connectivity index (χ0) is 24.5. The lowest BCUT2D eigenvalue weighted by Gasteiger charge is -2.28. The van der Waals surface area contributed by atoms with Crippen LogP contribution in [0.3, 0.4) is 0 Å². The number of rotatable bonds is 6. The number of carboxylic acids is 1. The van der Waals surface area contributed by atoms with E-state index in [1.54, 1.807) is 0 Å². The number of hydrogen-bond acceptors (Lipinski definition) is 3. The van der Waals surface area contributed by atoms with Gasteiger partial charge in [0.25, 0.3) is 0 Å². The number of aryl methyl sites for hydroxylation is 1. The summed E-state index contributed by atoms with van der Waals surface area (Å²) in [6.45, 7) is 1.41. The first-order chi connectivity index (χ1) is 15.4. The van der Waals surface area contributed by atoms with E-state index in [0.29, 0.717) is 0 Å². The molecule has 0 radical (unpaired) electrons. The van der Waals surface area contributed by atoms with Crippen LogP contribution in [0.4, 0.5) is 13.2 Å². The van der Waals surface area contributed by atoms with Gasteiger partial charge in [0.05, 0.1) is 16.5 Å². The number of carboxylic acid groups (broad SMARTS) is 1. The lowest BCUT2D eigenvalue weighted by Crippen LogP contribution is -2.28. The van der Waals surface area contributed by atoms with Gasteiger partial charge in [-0.1, -0.05) is 42.3 Å². The number of nitrogens with zero attached hydrogens (tertiary/aromatic N) is 1. The average Bonchev–Trinajstić information content (AvgIpc) is 2.69. The van der Waals surface area contributed by atoms with Crippen molar-refractivity contribution >= 4 is 29.2 Å². The molecule has 1 N–H and O–H groups in total. The van der Waals surface area contributed by atoms with Gasteiger partial charge in [0.15, 0.2) is 0 Å². The summed E-state index contributed by atoms with van der Waals surface area (Å²) in [5.74, 6) is -3.67. The molecule has 0 saturated carbocycles. The Hall–Kier alpha value is -2.97. The second kappa shape index (κ2) is 9.49. The lowest BCUT2D eigenvalue weighted by atomic mass is 9.82. The molecule has 174 valence electrons. The Morgan fingerprint density at radius 3 is 2.15 bits per heavy atom. The molecule has 3 aromatic rings. The summed E-state index contributed by atoms with van der Waals surface area (Å²) in [7, 11) is 1.39. The number of hydrogen-bond donors (Lipinski definition) is 1. The van der Waals surface area contributed by atoms with Crippen molar-refractivity contribution < 1.29 is 27.8 Å². The van der Waals surface area contributed by atoms with Crippen LogP contribution in [-0.2, 0) is 7.05 Å². The Balaban J connectivity index is 1.91. The first-order valence-corrected chi connectivity index (χ1v) is 10.4. The predicted molar refractivity (Wildman–Crippen MR) is 119 cm³/mol. The summed E-state index contributed by atoms with van der Waals surface area (Å²) in [5, 5.41) is 9.07. The van der Waals surface area contributed by atoms with Gasteiger partial charge >= 0.3 is 12.1 Å². The minimum atomic E-state index is -4.59. The summed E-state index contributed by atoms with van der Waals surface area (Å²) < 4.78 is 48.7. The van der Waals surface area contributed by atoms with Crippen LogP contribution in [0.25, 0.3) is 0 Å². The van der Waals surface area contributed by atoms with Gasteiger partial charge in [0, 0.05) is 30.4 Å². The first kappa shape index (κ1) is 24.7. The van der Waals surface area contributed by atoms with Crippen molar-refractivity contribution in [1.29, 1.82) is 0 Å². The number of alkyl halides is 3. The molecule has 3 rings (SSSR count). The van der Waals surface area contributed by atoms with Crippen molar-refractivity contribution in [2.75, 3.05) is 0 Å². The van der Waals surface area contributed by atoms with E-state index < -0.39 is 29.5 Å². The second-order valence-electron chi connectivity index (χ2n) is 7.45. The molecule has 0 amide bonds. The molecular formula is C23H18Cl2F3NO4. The van der Waals surface area contributed by atoms with Gasteiger partial charge in [-0.25, -0.2) is 4.79 Å². The van der Waals surface area contributed by atoms with Crippen molar-refractivity contribution in [2.24, 2.45) is 7.05 Å². The molecule has 0 fully saturated rings. The molecule has 0 unspecified atom stereocenters. The molecule has 2 aromatic carbocycles. The molecule has 0 saturated heterocycles. The second-order valence-corrected chi connectivity index (χ2v) is 8.27. The largest absolute Gasteiger partial charge is 0.478 e. The highest BCUT2D eigenvalue weighted by atomic mass is 35.5. The van der Waals surface area contributed by atoms with Crippen molar-refractivity contribution in [3.63, 3.8) is 0 Å². The van der Waals surface area contributed by atoms with E-state index in [2.05, 4.69) is 0 Å². The monoisotopic (exact) mass is 499 g/mol. The SMILES string of the molecule is C[C@H](c1ccc(Oc2ccc(C(=O)O)c(Cl)c2)cc1Cl)[C@@H](c1ccc(=O)n(C)c1)C(F)(F)F. The van der Waals surface area contributed by atoms with Crippen molar-refractivity contribution in [2.45, 2.75) is 24.9 Å². The molecule has 33 heavy (non-hydrogen) atoms. The minimum absolute atomic E-state index is 0.0263. The van der Waals surface area contributed by atoms with Crippen molar-refractivity contribution in [3.05, 3.63) is 91.8 Å². The summed E-state index contributed by atoms with van der Waals surface area (Å²) >= 11 is 12.3. The minimum Gasteiger partial charge on any atom is -0.478 e. The Morgan fingerprint density at radius 2 is 1.64 bits per heavy atom. The van der Waals surface area contributed by atoms with Crippen LogP contribution < -0.4 is 10.3 Å². The Morgan fingerprint density at radius 1 is 1.03 bits per heavy atom. The maximum Gasteiger partial charge on any atom is 0.396 e. The third-order valence-electron chi connectivity index (χ3n) is 5.19. The smallest absolute Gasteiger partial charge is 0.396 e. The van der Waals surface area contributed by atoms with Gasteiger partial charge < -0.3 is 14.4 Å². The molecule has 10 heteroatoms. The van der Waals surface area contributed by atoms with Crippen LogP contribution in [0.15, 0.2) is 59.5 Å². The quantitative estimate of drug-likeness (QED) is 0.413. The summed E-state index contributed by atoms with van der Waals surface area (Å²) in [5.41, 5.74) is -0.313. The maximum atomic E-state index is 14.0. The lowest BCUT2D eigenvalue weighted by molar-refractivity contribution is -0.154. The van der Waals surface area contributed by atoms with Gasteiger partial charge in [-0.05, 0) is 41.3 Å². The zero-order valence-electron chi connectivity index (χ0n) is 17.4. The highest BCUT2D eigenvalue weighted by molar-refractivity contribution is 6.33. The zero-order valence-corrected chi connectivity index (χ0v) is 18.9. The van der Waals surface area contributed by atoms with E-state index in [9.17, 15) is 22.8 Å². The predicted octanol–water partition coefficient (Wildman–Crippen LogP) is 6.63. The van der Waals surface area contributed by atoms with Crippen LogP contribution in [0.2, 0.25) is 10.0 Å². The number of ether oxygens (including phenoxy) is 1. The standard InChI is InChI=1S/C23H18Cl2F3NO4/c1-12(21(23(26,27)28)13-3-8-20(30)29(2)11-13)16-6-4-14(9-18(16)24)33-15-5-7-17(22(31)32)19(25)10-15/h3-12,21H,1-2H3,(H,31,32)/t12-,21+/m1/s1. The van der Waals surface area contributed by atoms with Gasteiger partial charge in [-0.15, -0.1) is 0 Å². The summed E-state index contributed by atoms with van der Waals surface area (Å²) in [6.07, 6.45) is -3.41. The van der Waals surface area contributed by atoms with Crippen LogP contribution in [-0.4, -0.2) is 21.8 Å². The molecule has 5 nitrogen and oxygen atoms in total. The highest BCUT2D eigenvalue weighted by Gasteiger charge is 2.45. The fraction of sp³-hybridized carbons (Fsp3) is 0.217. The number of halogens is 5. The number of aromatic nitrogens is 1. The van der Waals surface area contributed by atoms with Crippen LogP contribution >= 0.6 is 23.2 Å². The maximum absolute atomic E-state index is 14.0. The van der Waals surface area contributed by atoms with E-state index in [-0.39, 0.29) is 38.2 Å². The molecule has 2 atom stereocenters. The molecule has 1 heterocycles. The first-order valence-electron chi connectivity index (χ1n) is 9.62. The molecule has 0 aliphatic carbocycles. The highest BCUT2D eigenvalue weighted by Crippen LogP contribution is 2.46. The Labute approximate surface area is 196 Å². The van der Waals surface area contributed by atoms with Gasteiger partial charge in [0.1, 0.15) is 11.5 Å². The van der Waals surface area contributed by atoms with Gasteiger partial charge in [-0.2, -0.15) is 13.2 Å². The fourth-order valence-corrected chi connectivity index (χ4v) is 4.14. The number of carbonyl (C=O) groups is 1. The third kappa shape index (κ3) is 5.51. The Kier molecular flexibility index (Phi) is 7.09.